The van der Waals surface area contributed by atoms with Crippen LogP contribution in [0.2, 0.25) is 0 Å². The lowest BCUT2D eigenvalue weighted by atomic mass is 9.84. The van der Waals surface area contributed by atoms with Gasteiger partial charge in [-0.3, -0.25) is 4.57 Å². The summed E-state index contributed by atoms with van der Waals surface area (Å²) in [5.41, 5.74) is 8.71. The second kappa shape index (κ2) is 8.49. The van der Waals surface area contributed by atoms with Gasteiger partial charge in [-0.25, -0.2) is 9.97 Å². The van der Waals surface area contributed by atoms with Crippen molar-refractivity contribution in [1.82, 2.24) is 14.5 Å². The molecule has 0 bridgehead atoms. The number of hydrogen-bond acceptors (Lipinski definition) is 2. The maximum atomic E-state index is 5.36. The number of allylic oxidation sites excluding steroid dienone is 1. The maximum absolute atomic E-state index is 5.36. The van der Waals surface area contributed by atoms with Gasteiger partial charge in [-0.15, -0.1) is 0 Å². The minimum absolute atomic E-state index is 0.167. The monoisotopic (exact) mass is 513 g/mol. The van der Waals surface area contributed by atoms with E-state index in [4.69, 9.17) is 9.97 Å². The number of benzene rings is 5. The summed E-state index contributed by atoms with van der Waals surface area (Å²) in [5.74, 6) is 0.698. The Bertz CT molecular complexity index is 2090. The van der Waals surface area contributed by atoms with Gasteiger partial charge in [0.1, 0.15) is 0 Å². The summed E-state index contributed by atoms with van der Waals surface area (Å²) < 4.78 is 2.21. The first-order valence-electron chi connectivity index (χ1n) is 13.8. The van der Waals surface area contributed by atoms with Crippen LogP contribution in [-0.4, -0.2) is 14.5 Å². The van der Waals surface area contributed by atoms with Gasteiger partial charge in [-0.05, 0) is 46.2 Å². The van der Waals surface area contributed by atoms with E-state index < -0.39 is 0 Å². The molecule has 0 N–H and O–H groups in total. The van der Waals surface area contributed by atoms with Gasteiger partial charge in [0.15, 0.2) is 0 Å². The van der Waals surface area contributed by atoms with Crippen molar-refractivity contribution < 1.29 is 0 Å². The van der Waals surface area contributed by atoms with Crippen molar-refractivity contribution in [3.05, 3.63) is 133 Å². The SMILES string of the molecule is CC1(C)C=Cc2nc(-n3c4ccccc4c4ccccc43)nc(-c3cccc(-c4cccc5ccccc45)c3)c21. The third-order valence-electron chi connectivity index (χ3n) is 8.24. The fourth-order valence-electron chi connectivity index (χ4n) is 6.35. The van der Waals surface area contributed by atoms with E-state index in [-0.39, 0.29) is 5.41 Å². The molecule has 1 aliphatic carbocycles. The lowest BCUT2D eigenvalue weighted by Gasteiger charge is -2.22. The predicted octanol–water partition coefficient (Wildman–Crippen LogP) is 9.37. The topological polar surface area (TPSA) is 30.7 Å². The molecule has 2 aromatic heterocycles. The average molecular weight is 514 g/mol. The standard InChI is InChI=1S/C37H27N3/c1-37(2)22-21-31-34(37)35(26-14-9-13-25(23-26)28-18-10-12-24-11-3-4-15-27(24)28)39-36(38-31)40-32-19-7-5-16-29(32)30-17-6-8-20-33(30)40/h3-23H,1-2H3. The third kappa shape index (κ3) is 3.37. The predicted molar refractivity (Wildman–Crippen MR) is 167 cm³/mol. The molecule has 2 heterocycles. The van der Waals surface area contributed by atoms with Crippen LogP contribution in [0.5, 0.6) is 0 Å². The van der Waals surface area contributed by atoms with Crippen LogP contribution in [0.4, 0.5) is 0 Å². The molecule has 0 amide bonds. The molecule has 0 unspecified atom stereocenters. The van der Waals surface area contributed by atoms with Crippen molar-refractivity contribution in [3.63, 3.8) is 0 Å². The number of hydrogen-bond donors (Lipinski definition) is 0. The highest BCUT2D eigenvalue weighted by molar-refractivity contribution is 6.09. The summed E-state index contributed by atoms with van der Waals surface area (Å²) in [6.07, 6.45) is 4.41. The van der Waals surface area contributed by atoms with Gasteiger partial charge in [0.25, 0.3) is 0 Å². The Morgan fingerprint density at radius 2 is 1.23 bits per heavy atom. The maximum Gasteiger partial charge on any atom is 0.235 e. The van der Waals surface area contributed by atoms with Crippen LogP contribution in [0.25, 0.3) is 67.0 Å². The highest BCUT2D eigenvalue weighted by Gasteiger charge is 2.32. The summed E-state index contributed by atoms with van der Waals surface area (Å²) in [6.45, 7) is 4.49. The number of rotatable bonds is 3. The van der Waals surface area contributed by atoms with Gasteiger partial charge < -0.3 is 0 Å². The number of nitrogens with zero attached hydrogens (tertiary/aromatic N) is 3. The molecular weight excluding hydrogens is 486 g/mol. The zero-order valence-corrected chi connectivity index (χ0v) is 22.5. The van der Waals surface area contributed by atoms with E-state index in [1.807, 2.05) is 0 Å². The summed E-state index contributed by atoms with van der Waals surface area (Å²) in [5, 5.41) is 4.91. The molecule has 1 aliphatic rings. The van der Waals surface area contributed by atoms with Crippen LogP contribution in [0.3, 0.4) is 0 Å². The average Bonchev–Trinajstić information content (AvgIpc) is 3.50. The highest BCUT2D eigenvalue weighted by Crippen LogP contribution is 2.42. The molecule has 0 fully saturated rings. The molecule has 3 heteroatoms. The van der Waals surface area contributed by atoms with Gasteiger partial charge in [0.05, 0.1) is 22.4 Å². The van der Waals surface area contributed by atoms with Crippen molar-refractivity contribution in [2.45, 2.75) is 19.3 Å². The van der Waals surface area contributed by atoms with E-state index in [0.29, 0.717) is 5.95 Å². The molecule has 0 spiro atoms. The molecule has 5 aromatic carbocycles. The summed E-state index contributed by atoms with van der Waals surface area (Å²) >= 11 is 0. The molecular formula is C37H27N3. The Morgan fingerprint density at radius 3 is 2.00 bits per heavy atom. The fraction of sp³-hybridized carbons (Fsp3) is 0.0811. The second-order valence-electron chi connectivity index (χ2n) is 11.2. The first-order valence-corrected chi connectivity index (χ1v) is 13.8. The van der Waals surface area contributed by atoms with Crippen molar-refractivity contribution in [2.75, 3.05) is 0 Å². The van der Waals surface area contributed by atoms with Gasteiger partial charge in [0.2, 0.25) is 5.95 Å². The molecule has 0 radical (unpaired) electrons. The summed E-state index contributed by atoms with van der Waals surface area (Å²) in [7, 11) is 0. The molecule has 40 heavy (non-hydrogen) atoms. The molecule has 0 atom stereocenters. The first-order chi connectivity index (χ1) is 19.6. The molecule has 0 saturated carbocycles. The largest absolute Gasteiger partial charge is 0.278 e. The minimum Gasteiger partial charge on any atom is -0.278 e. The van der Waals surface area contributed by atoms with Gasteiger partial charge in [-0.1, -0.05) is 117 Å². The Hall–Kier alpha value is -5.02. The quantitative estimate of drug-likeness (QED) is 0.236. The highest BCUT2D eigenvalue weighted by atomic mass is 15.2. The smallest absolute Gasteiger partial charge is 0.235 e. The molecule has 0 saturated heterocycles. The Morgan fingerprint density at radius 1 is 0.600 bits per heavy atom. The van der Waals surface area contributed by atoms with Crippen molar-refractivity contribution in [1.29, 1.82) is 0 Å². The summed E-state index contributed by atoms with van der Waals surface area (Å²) in [6, 6.07) is 41.0. The van der Waals surface area contributed by atoms with Gasteiger partial charge >= 0.3 is 0 Å². The molecule has 190 valence electrons. The Balaban J connectivity index is 1.40. The molecule has 8 rings (SSSR count). The van der Waals surface area contributed by atoms with E-state index in [9.17, 15) is 0 Å². The lowest BCUT2D eigenvalue weighted by Crippen LogP contribution is -2.16. The normalized spacial score (nSPS) is 13.8. The summed E-state index contributed by atoms with van der Waals surface area (Å²) in [4.78, 5) is 10.5. The minimum atomic E-state index is -0.167. The van der Waals surface area contributed by atoms with E-state index in [1.165, 1.54) is 38.2 Å². The number of fused-ring (bicyclic) bond motifs is 5. The fourth-order valence-corrected chi connectivity index (χ4v) is 6.35. The van der Waals surface area contributed by atoms with Crippen LogP contribution in [0.1, 0.15) is 25.1 Å². The Kier molecular flexibility index (Phi) is 4.86. The van der Waals surface area contributed by atoms with Gasteiger partial charge in [0, 0.05) is 27.3 Å². The van der Waals surface area contributed by atoms with Crippen LogP contribution in [0.15, 0.2) is 121 Å². The second-order valence-corrected chi connectivity index (χ2v) is 11.2. The first kappa shape index (κ1) is 22.9. The van der Waals surface area contributed by atoms with E-state index in [2.05, 4.69) is 146 Å². The van der Waals surface area contributed by atoms with Crippen LogP contribution in [0, 0.1) is 0 Å². The lowest BCUT2D eigenvalue weighted by molar-refractivity contribution is 0.677. The number of para-hydroxylation sites is 2. The van der Waals surface area contributed by atoms with E-state index in [1.54, 1.807) is 0 Å². The van der Waals surface area contributed by atoms with Crippen LogP contribution < -0.4 is 0 Å². The Labute approximate surface area is 233 Å². The van der Waals surface area contributed by atoms with Crippen molar-refractivity contribution >= 4 is 38.7 Å². The van der Waals surface area contributed by atoms with Crippen molar-refractivity contribution in [2.24, 2.45) is 0 Å². The van der Waals surface area contributed by atoms with Crippen molar-refractivity contribution in [3.8, 4) is 28.3 Å². The van der Waals surface area contributed by atoms with Crippen LogP contribution >= 0.6 is 0 Å². The van der Waals surface area contributed by atoms with E-state index >= 15 is 0 Å². The third-order valence-corrected chi connectivity index (χ3v) is 8.24. The van der Waals surface area contributed by atoms with Crippen LogP contribution in [-0.2, 0) is 5.41 Å². The molecule has 7 aromatic rings. The molecule has 3 nitrogen and oxygen atoms in total. The van der Waals surface area contributed by atoms with E-state index in [0.717, 1.165) is 28.0 Å². The molecule has 0 aliphatic heterocycles. The zero-order chi connectivity index (χ0) is 26.8. The van der Waals surface area contributed by atoms with Gasteiger partial charge in [-0.2, -0.15) is 0 Å². The number of aromatic nitrogens is 3. The zero-order valence-electron chi connectivity index (χ0n) is 22.5.